The zero-order chi connectivity index (χ0) is 22.5. The van der Waals surface area contributed by atoms with E-state index in [2.05, 4.69) is 15.3 Å². The molecule has 0 saturated carbocycles. The lowest BCUT2D eigenvalue weighted by atomic mass is 10.2. The van der Waals surface area contributed by atoms with Crippen molar-refractivity contribution < 1.29 is 14.3 Å². The van der Waals surface area contributed by atoms with Gasteiger partial charge in [-0.1, -0.05) is 17.8 Å². The van der Waals surface area contributed by atoms with Crippen LogP contribution in [0.15, 0.2) is 52.5 Å². The molecule has 0 radical (unpaired) electrons. The van der Waals surface area contributed by atoms with E-state index in [1.54, 1.807) is 49.4 Å². The number of ether oxygens (including phenoxy) is 2. The Labute approximate surface area is 190 Å². The molecule has 166 valence electrons. The number of methoxy groups -OCH3 is 2. The number of hydrogen-bond donors (Lipinski definition) is 1. The Morgan fingerprint density at radius 2 is 2.03 bits per heavy atom. The number of hydrogen-bond acceptors (Lipinski definition) is 7. The van der Waals surface area contributed by atoms with E-state index in [-0.39, 0.29) is 17.3 Å². The molecule has 1 aromatic carbocycles. The lowest BCUT2D eigenvalue weighted by Gasteiger charge is -2.14. The molecule has 0 fully saturated rings. The van der Waals surface area contributed by atoms with Gasteiger partial charge < -0.3 is 14.8 Å². The molecular weight excluding hydrogens is 428 g/mol. The predicted molar refractivity (Wildman–Crippen MR) is 123 cm³/mol. The largest absolute Gasteiger partial charge is 0.493 e. The van der Waals surface area contributed by atoms with Crippen molar-refractivity contribution in [3.63, 3.8) is 0 Å². The maximum absolute atomic E-state index is 12.8. The van der Waals surface area contributed by atoms with Gasteiger partial charge in [-0.25, -0.2) is 4.79 Å². The number of nitrogens with one attached hydrogen (secondary N) is 1. The molecule has 0 saturated heterocycles. The van der Waals surface area contributed by atoms with E-state index in [1.807, 2.05) is 12.1 Å². The SMILES string of the molecule is COc1ccc(NC(=O)CSc2nc(=O)n(Cc3cccnc3)c3c2CCC3)cc1OC. The zero-order valence-electron chi connectivity index (χ0n) is 18.0. The first-order chi connectivity index (χ1) is 15.6. The minimum atomic E-state index is -0.294. The van der Waals surface area contributed by atoms with Crippen LogP contribution in [0.5, 0.6) is 11.5 Å². The predicted octanol–water partition coefficient (Wildman–Crippen LogP) is 2.92. The Kier molecular flexibility index (Phi) is 6.75. The van der Waals surface area contributed by atoms with E-state index in [4.69, 9.17) is 9.47 Å². The number of amides is 1. The molecule has 1 N–H and O–H groups in total. The molecule has 9 heteroatoms. The molecule has 0 atom stereocenters. The highest BCUT2D eigenvalue weighted by Crippen LogP contribution is 2.31. The van der Waals surface area contributed by atoms with E-state index in [1.165, 1.54) is 11.8 Å². The fourth-order valence-electron chi connectivity index (χ4n) is 3.79. The smallest absolute Gasteiger partial charge is 0.349 e. The van der Waals surface area contributed by atoms with Crippen molar-refractivity contribution >= 4 is 23.4 Å². The van der Waals surface area contributed by atoms with Gasteiger partial charge in [-0.15, -0.1) is 0 Å². The molecule has 1 aliphatic rings. The van der Waals surface area contributed by atoms with Crippen molar-refractivity contribution in [3.05, 3.63) is 70.0 Å². The van der Waals surface area contributed by atoms with Gasteiger partial charge in [0.25, 0.3) is 0 Å². The molecule has 0 aliphatic heterocycles. The maximum atomic E-state index is 12.8. The third-order valence-electron chi connectivity index (χ3n) is 5.27. The fourth-order valence-corrected chi connectivity index (χ4v) is 4.66. The summed E-state index contributed by atoms with van der Waals surface area (Å²) in [5.74, 6) is 1.09. The van der Waals surface area contributed by atoms with Crippen LogP contribution in [0.25, 0.3) is 0 Å². The molecule has 3 aromatic rings. The van der Waals surface area contributed by atoms with Crippen LogP contribution >= 0.6 is 11.8 Å². The average Bonchev–Trinajstić information content (AvgIpc) is 3.30. The summed E-state index contributed by atoms with van der Waals surface area (Å²) in [5.41, 5.74) is 3.35. The standard InChI is InChI=1S/C23H24N4O4S/c1-30-19-9-8-16(11-20(19)31-2)25-21(28)14-32-22-17-6-3-7-18(17)27(23(29)26-22)13-15-5-4-10-24-12-15/h4-5,8-12H,3,6-7,13-14H2,1-2H3,(H,25,28). The summed E-state index contributed by atoms with van der Waals surface area (Å²) in [6.45, 7) is 0.451. The normalized spacial score (nSPS) is 12.3. The Bertz CT molecular complexity index is 1180. The van der Waals surface area contributed by atoms with Crippen molar-refractivity contribution in [3.8, 4) is 11.5 Å². The van der Waals surface area contributed by atoms with Crippen LogP contribution in [0.4, 0.5) is 5.69 Å². The van der Waals surface area contributed by atoms with Gasteiger partial charge >= 0.3 is 5.69 Å². The van der Waals surface area contributed by atoms with Gasteiger partial charge in [-0.2, -0.15) is 4.98 Å². The average molecular weight is 453 g/mol. The molecular formula is C23H24N4O4S. The van der Waals surface area contributed by atoms with E-state index in [0.29, 0.717) is 28.8 Å². The Morgan fingerprint density at radius 3 is 2.78 bits per heavy atom. The number of benzene rings is 1. The van der Waals surface area contributed by atoms with Crippen LogP contribution in [0.2, 0.25) is 0 Å². The molecule has 4 rings (SSSR count). The highest BCUT2D eigenvalue weighted by molar-refractivity contribution is 8.00. The van der Waals surface area contributed by atoms with Gasteiger partial charge in [0.1, 0.15) is 5.03 Å². The minimum absolute atomic E-state index is 0.153. The third-order valence-corrected chi connectivity index (χ3v) is 6.29. The highest BCUT2D eigenvalue weighted by Gasteiger charge is 2.22. The minimum Gasteiger partial charge on any atom is -0.493 e. The first kappa shape index (κ1) is 21.9. The van der Waals surface area contributed by atoms with Crippen molar-refractivity contribution in [2.45, 2.75) is 30.8 Å². The second kappa shape index (κ2) is 9.86. The lowest BCUT2D eigenvalue weighted by molar-refractivity contribution is -0.113. The molecule has 0 spiro atoms. The summed E-state index contributed by atoms with van der Waals surface area (Å²) >= 11 is 1.30. The lowest BCUT2D eigenvalue weighted by Crippen LogP contribution is -2.28. The van der Waals surface area contributed by atoms with Crippen LogP contribution in [0.3, 0.4) is 0 Å². The second-order valence-electron chi connectivity index (χ2n) is 7.33. The van der Waals surface area contributed by atoms with Crippen LogP contribution in [0.1, 0.15) is 23.2 Å². The topological polar surface area (TPSA) is 95.3 Å². The van der Waals surface area contributed by atoms with Gasteiger partial charge in [0, 0.05) is 35.4 Å². The number of pyridine rings is 1. The number of nitrogens with zero attached hydrogens (tertiary/aromatic N) is 3. The number of aromatic nitrogens is 3. The van der Waals surface area contributed by atoms with Crippen molar-refractivity contribution in [1.29, 1.82) is 0 Å². The van der Waals surface area contributed by atoms with Gasteiger partial charge in [0.15, 0.2) is 11.5 Å². The van der Waals surface area contributed by atoms with Gasteiger partial charge in [-0.05, 0) is 43.0 Å². The molecule has 32 heavy (non-hydrogen) atoms. The molecule has 1 amide bonds. The number of carbonyl (C=O) groups excluding carboxylic acids is 1. The monoisotopic (exact) mass is 452 g/mol. The quantitative estimate of drug-likeness (QED) is 0.415. The number of thioether (sulfide) groups is 1. The number of anilines is 1. The fraction of sp³-hybridized carbons (Fsp3) is 0.304. The van der Waals surface area contributed by atoms with E-state index in [9.17, 15) is 9.59 Å². The van der Waals surface area contributed by atoms with Gasteiger partial charge in [-0.3, -0.25) is 14.3 Å². The van der Waals surface area contributed by atoms with Crippen LogP contribution < -0.4 is 20.5 Å². The van der Waals surface area contributed by atoms with Crippen LogP contribution in [0, 0.1) is 0 Å². The zero-order valence-corrected chi connectivity index (χ0v) is 18.8. The third kappa shape index (κ3) is 4.77. The first-order valence-electron chi connectivity index (χ1n) is 10.2. The van der Waals surface area contributed by atoms with Crippen LogP contribution in [-0.2, 0) is 24.2 Å². The first-order valence-corrected chi connectivity index (χ1v) is 11.2. The number of fused-ring (bicyclic) bond motifs is 1. The van der Waals surface area contributed by atoms with Gasteiger partial charge in [0.05, 0.1) is 26.5 Å². The molecule has 1 aliphatic carbocycles. The Hall–Kier alpha value is -3.33. The van der Waals surface area contributed by atoms with E-state index >= 15 is 0 Å². The Balaban J connectivity index is 1.47. The number of rotatable bonds is 8. The summed E-state index contributed by atoms with van der Waals surface area (Å²) in [6.07, 6.45) is 6.13. The van der Waals surface area contributed by atoms with E-state index < -0.39 is 0 Å². The molecule has 0 bridgehead atoms. The van der Waals surface area contributed by atoms with Crippen molar-refractivity contribution in [2.24, 2.45) is 0 Å². The van der Waals surface area contributed by atoms with E-state index in [0.717, 1.165) is 36.1 Å². The molecule has 8 nitrogen and oxygen atoms in total. The molecule has 2 heterocycles. The highest BCUT2D eigenvalue weighted by atomic mass is 32.2. The number of carbonyl (C=O) groups is 1. The summed E-state index contributed by atoms with van der Waals surface area (Å²) < 4.78 is 12.2. The Morgan fingerprint density at radius 1 is 1.19 bits per heavy atom. The van der Waals surface area contributed by atoms with Crippen LogP contribution in [-0.4, -0.2) is 40.4 Å². The summed E-state index contributed by atoms with van der Waals surface area (Å²) in [7, 11) is 3.10. The summed E-state index contributed by atoms with van der Waals surface area (Å²) in [4.78, 5) is 33.7. The molecule has 0 unspecified atom stereocenters. The second-order valence-corrected chi connectivity index (χ2v) is 8.30. The van der Waals surface area contributed by atoms with Crippen molar-refractivity contribution in [1.82, 2.24) is 14.5 Å². The van der Waals surface area contributed by atoms with Crippen molar-refractivity contribution in [2.75, 3.05) is 25.3 Å². The summed E-state index contributed by atoms with van der Waals surface area (Å²) in [6, 6.07) is 8.99. The summed E-state index contributed by atoms with van der Waals surface area (Å²) in [5, 5.41) is 3.50. The van der Waals surface area contributed by atoms with Gasteiger partial charge in [0.2, 0.25) is 5.91 Å². The molecule has 2 aromatic heterocycles. The maximum Gasteiger partial charge on any atom is 0.349 e.